The summed E-state index contributed by atoms with van der Waals surface area (Å²) in [6.07, 6.45) is 6.09. The first-order chi connectivity index (χ1) is 10.4. The number of hydrogen-bond donors (Lipinski definition) is 0. The van der Waals surface area contributed by atoms with Crippen LogP contribution in [0.4, 0.5) is 0 Å². The molecule has 0 radical (unpaired) electrons. The van der Waals surface area contributed by atoms with Gasteiger partial charge in [-0.1, -0.05) is 0 Å². The fourth-order valence-corrected chi connectivity index (χ4v) is 3.38. The molecule has 3 rings (SSSR count). The Morgan fingerprint density at radius 1 is 1.27 bits per heavy atom. The molecule has 0 spiro atoms. The van der Waals surface area contributed by atoms with Crippen molar-refractivity contribution < 1.29 is 12.8 Å². The van der Waals surface area contributed by atoms with Crippen LogP contribution in [0.3, 0.4) is 0 Å². The third kappa shape index (κ3) is 3.14. The average Bonchev–Trinajstić information content (AvgIpc) is 2.97. The van der Waals surface area contributed by atoms with Gasteiger partial charge in [0.15, 0.2) is 0 Å². The smallest absolute Gasteiger partial charge is 0.250 e. The van der Waals surface area contributed by atoms with Crippen molar-refractivity contribution in [3.05, 3.63) is 24.1 Å². The van der Waals surface area contributed by atoms with Crippen LogP contribution in [0.2, 0.25) is 0 Å². The molecule has 0 bridgehead atoms. The van der Waals surface area contributed by atoms with E-state index in [9.17, 15) is 8.42 Å². The van der Waals surface area contributed by atoms with E-state index in [4.69, 9.17) is 4.42 Å². The minimum Gasteiger partial charge on any atom is -0.420 e. The SMILES string of the molecule is Cc1ncc(-c2nnc(C3CCCN(S(C)(=O)=O)C3)o2)cn1. The summed E-state index contributed by atoms with van der Waals surface area (Å²) in [4.78, 5) is 8.19. The van der Waals surface area contributed by atoms with Crippen LogP contribution in [0.25, 0.3) is 11.5 Å². The molecule has 2 aromatic heterocycles. The summed E-state index contributed by atoms with van der Waals surface area (Å²) in [6.45, 7) is 2.72. The maximum absolute atomic E-state index is 11.7. The van der Waals surface area contributed by atoms with Gasteiger partial charge in [-0.15, -0.1) is 10.2 Å². The Morgan fingerprint density at radius 3 is 2.68 bits per heavy atom. The van der Waals surface area contributed by atoms with E-state index in [1.165, 1.54) is 10.6 Å². The van der Waals surface area contributed by atoms with Gasteiger partial charge in [-0.25, -0.2) is 22.7 Å². The van der Waals surface area contributed by atoms with E-state index in [1.807, 2.05) is 0 Å². The topological polar surface area (TPSA) is 102 Å². The van der Waals surface area contributed by atoms with Gasteiger partial charge < -0.3 is 4.42 Å². The van der Waals surface area contributed by atoms with Gasteiger partial charge in [-0.05, 0) is 19.8 Å². The quantitative estimate of drug-likeness (QED) is 0.829. The highest BCUT2D eigenvalue weighted by molar-refractivity contribution is 7.88. The van der Waals surface area contributed by atoms with E-state index in [1.54, 1.807) is 19.3 Å². The number of aromatic nitrogens is 4. The van der Waals surface area contributed by atoms with Crippen molar-refractivity contribution in [1.29, 1.82) is 0 Å². The number of aryl methyl sites for hydroxylation is 1. The summed E-state index contributed by atoms with van der Waals surface area (Å²) in [5.74, 6) is 1.41. The summed E-state index contributed by atoms with van der Waals surface area (Å²) in [7, 11) is -3.19. The molecule has 1 atom stereocenters. The molecule has 1 aliphatic rings. The van der Waals surface area contributed by atoms with E-state index >= 15 is 0 Å². The minimum absolute atomic E-state index is 0.0731. The highest BCUT2D eigenvalue weighted by Gasteiger charge is 2.30. The lowest BCUT2D eigenvalue weighted by atomic mass is 10.00. The van der Waals surface area contributed by atoms with Gasteiger partial charge in [0.05, 0.1) is 17.7 Å². The predicted molar refractivity (Wildman–Crippen MR) is 78.5 cm³/mol. The number of rotatable bonds is 3. The van der Waals surface area contributed by atoms with Crippen molar-refractivity contribution >= 4 is 10.0 Å². The Hall–Kier alpha value is -1.87. The van der Waals surface area contributed by atoms with Crippen LogP contribution in [-0.4, -0.2) is 52.2 Å². The largest absolute Gasteiger partial charge is 0.420 e. The fourth-order valence-electron chi connectivity index (χ4n) is 2.46. The standard InChI is InChI=1S/C13H17N5O3S/c1-9-14-6-11(7-15-9)13-17-16-12(21-13)10-4-3-5-18(8-10)22(2,19)20/h6-7,10H,3-5,8H2,1-2H3. The zero-order valence-electron chi connectivity index (χ0n) is 12.4. The molecule has 3 heterocycles. The van der Waals surface area contributed by atoms with Crippen molar-refractivity contribution in [1.82, 2.24) is 24.5 Å². The third-order valence-electron chi connectivity index (χ3n) is 3.67. The monoisotopic (exact) mass is 323 g/mol. The number of piperidine rings is 1. The number of hydrogen-bond acceptors (Lipinski definition) is 7. The summed E-state index contributed by atoms with van der Waals surface area (Å²) in [6, 6.07) is 0. The van der Waals surface area contributed by atoms with Gasteiger partial charge in [0.2, 0.25) is 15.9 Å². The van der Waals surface area contributed by atoms with Gasteiger partial charge in [-0.2, -0.15) is 0 Å². The molecule has 0 N–H and O–H groups in total. The molecule has 22 heavy (non-hydrogen) atoms. The maximum atomic E-state index is 11.7. The van der Waals surface area contributed by atoms with Crippen molar-refractivity contribution in [2.75, 3.05) is 19.3 Å². The molecular weight excluding hydrogens is 306 g/mol. The Labute approximate surface area is 128 Å². The lowest BCUT2D eigenvalue weighted by Crippen LogP contribution is -2.38. The van der Waals surface area contributed by atoms with E-state index < -0.39 is 10.0 Å². The van der Waals surface area contributed by atoms with Gasteiger partial charge in [0.1, 0.15) is 5.82 Å². The van der Waals surface area contributed by atoms with Crippen LogP contribution >= 0.6 is 0 Å². The van der Waals surface area contributed by atoms with Gasteiger partial charge in [0, 0.05) is 25.5 Å². The molecule has 1 aliphatic heterocycles. The Morgan fingerprint density at radius 2 is 2.00 bits per heavy atom. The molecular formula is C13H17N5O3S. The molecule has 0 aromatic carbocycles. The normalized spacial score (nSPS) is 20.2. The molecule has 2 aromatic rings. The molecule has 1 saturated heterocycles. The zero-order valence-corrected chi connectivity index (χ0v) is 13.2. The fraction of sp³-hybridized carbons (Fsp3) is 0.538. The van der Waals surface area contributed by atoms with Crippen LogP contribution in [0, 0.1) is 6.92 Å². The second kappa shape index (κ2) is 5.73. The molecule has 1 unspecified atom stereocenters. The van der Waals surface area contributed by atoms with Crippen molar-refractivity contribution in [2.45, 2.75) is 25.7 Å². The van der Waals surface area contributed by atoms with Gasteiger partial charge >= 0.3 is 0 Å². The molecule has 118 valence electrons. The zero-order chi connectivity index (χ0) is 15.7. The Bertz CT molecular complexity index is 756. The molecule has 0 aliphatic carbocycles. The van der Waals surface area contributed by atoms with Crippen molar-refractivity contribution in [3.63, 3.8) is 0 Å². The lowest BCUT2D eigenvalue weighted by Gasteiger charge is -2.28. The summed E-state index contributed by atoms with van der Waals surface area (Å²) in [5.41, 5.74) is 0.653. The summed E-state index contributed by atoms with van der Waals surface area (Å²) >= 11 is 0. The minimum atomic E-state index is -3.19. The van der Waals surface area contributed by atoms with E-state index in [2.05, 4.69) is 20.2 Å². The van der Waals surface area contributed by atoms with E-state index in [0.717, 1.165) is 12.8 Å². The van der Waals surface area contributed by atoms with Gasteiger partial charge in [-0.3, -0.25) is 0 Å². The Kier molecular flexibility index (Phi) is 3.92. The third-order valence-corrected chi connectivity index (χ3v) is 4.94. The number of sulfonamides is 1. The van der Waals surface area contributed by atoms with Crippen LogP contribution in [0.1, 0.15) is 30.5 Å². The van der Waals surface area contributed by atoms with Crippen LogP contribution in [0.15, 0.2) is 16.8 Å². The lowest BCUT2D eigenvalue weighted by molar-refractivity contribution is 0.287. The first-order valence-electron chi connectivity index (χ1n) is 7.01. The molecule has 9 heteroatoms. The second-order valence-corrected chi connectivity index (χ2v) is 7.41. The van der Waals surface area contributed by atoms with Crippen LogP contribution < -0.4 is 0 Å². The van der Waals surface area contributed by atoms with Crippen LogP contribution in [0.5, 0.6) is 0 Å². The predicted octanol–water partition coefficient (Wildman–Crippen LogP) is 0.974. The summed E-state index contributed by atoms with van der Waals surface area (Å²) < 4.78 is 30.5. The molecule has 0 saturated carbocycles. The van der Waals surface area contributed by atoms with Crippen molar-refractivity contribution in [2.24, 2.45) is 0 Å². The first kappa shape index (κ1) is 15.0. The van der Waals surface area contributed by atoms with E-state index in [-0.39, 0.29) is 5.92 Å². The van der Waals surface area contributed by atoms with E-state index in [0.29, 0.717) is 36.3 Å². The van der Waals surface area contributed by atoms with Crippen LogP contribution in [-0.2, 0) is 10.0 Å². The maximum Gasteiger partial charge on any atom is 0.250 e. The molecule has 8 nitrogen and oxygen atoms in total. The molecule has 1 fully saturated rings. The second-order valence-electron chi connectivity index (χ2n) is 5.42. The average molecular weight is 323 g/mol. The van der Waals surface area contributed by atoms with Gasteiger partial charge in [0.25, 0.3) is 5.89 Å². The first-order valence-corrected chi connectivity index (χ1v) is 8.86. The highest BCUT2D eigenvalue weighted by Crippen LogP contribution is 2.28. The van der Waals surface area contributed by atoms with Crippen molar-refractivity contribution in [3.8, 4) is 11.5 Å². The molecule has 0 amide bonds. The highest BCUT2D eigenvalue weighted by atomic mass is 32.2. The Balaban J connectivity index is 1.80. The summed E-state index contributed by atoms with van der Waals surface area (Å²) in [5, 5.41) is 8.08. The number of nitrogens with zero attached hydrogens (tertiary/aromatic N) is 5.